The van der Waals surface area contributed by atoms with Crippen molar-refractivity contribution in [2.24, 2.45) is 0 Å². The van der Waals surface area contributed by atoms with Gasteiger partial charge in [-0.1, -0.05) is 19.3 Å². The summed E-state index contributed by atoms with van der Waals surface area (Å²) in [5.74, 6) is -0.891. The number of urea groups is 1. The van der Waals surface area contributed by atoms with Crippen LogP contribution in [0.1, 0.15) is 51.4 Å². The lowest BCUT2D eigenvalue weighted by molar-refractivity contribution is -0.137. The number of carboxylic acids is 1. The number of carbonyl (C=O) groups is 2. The van der Waals surface area contributed by atoms with E-state index in [9.17, 15) is 14.7 Å². The number of nitrogens with one attached hydrogen (secondary N) is 1. The first kappa shape index (κ1) is 15.1. The molecule has 2 aliphatic rings. The van der Waals surface area contributed by atoms with Gasteiger partial charge in [0.15, 0.2) is 0 Å². The highest BCUT2D eigenvalue weighted by molar-refractivity contribution is 5.76. The Hall–Kier alpha value is -1.30. The molecule has 3 N–H and O–H groups in total. The minimum absolute atomic E-state index is 0.0306. The van der Waals surface area contributed by atoms with E-state index >= 15 is 0 Å². The SMILES string of the molecule is O=C(O)CCN(C(=O)NC1CCCCCC1O)C1CC1. The van der Waals surface area contributed by atoms with E-state index in [-0.39, 0.29) is 31.1 Å². The Morgan fingerprint density at radius 2 is 1.80 bits per heavy atom. The van der Waals surface area contributed by atoms with Gasteiger partial charge in [-0.25, -0.2) is 4.79 Å². The van der Waals surface area contributed by atoms with E-state index in [2.05, 4.69) is 5.32 Å². The molecule has 2 rings (SSSR count). The summed E-state index contributed by atoms with van der Waals surface area (Å²) in [7, 11) is 0. The predicted octanol–water partition coefficient (Wildman–Crippen LogP) is 1.33. The fourth-order valence-electron chi connectivity index (χ4n) is 2.75. The normalized spacial score (nSPS) is 26.6. The number of carbonyl (C=O) groups excluding carboxylic acids is 1. The van der Waals surface area contributed by atoms with Crippen LogP contribution < -0.4 is 5.32 Å². The molecule has 0 aromatic rings. The van der Waals surface area contributed by atoms with E-state index in [1.54, 1.807) is 4.90 Å². The molecule has 2 fully saturated rings. The van der Waals surface area contributed by atoms with Gasteiger partial charge in [-0.15, -0.1) is 0 Å². The average Bonchev–Trinajstić information content (AvgIpc) is 3.20. The average molecular weight is 284 g/mol. The molecule has 6 heteroatoms. The molecule has 20 heavy (non-hydrogen) atoms. The van der Waals surface area contributed by atoms with Gasteiger partial charge in [-0.3, -0.25) is 4.79 Å². The number of carboxylic acid groups (broad SMARTS) is 1. The first-order chi connectivity index (χ1) is 9.58. The predicted molar refractivity (Wildman–Crippen MR) is 73.4 cm³/mol. The molecule has 0 bridgehead atoms. The van der Waals surface area contributed by atoms with Crippen molar-refractivity contribution in [3.63, 3.8) is 0 Å². The van der Waals surface area contributed by atoms with Crippen molar-refractivity contribution in [1.29, 1.82) is 0 Å². The molecule has 0 aromatic heterocycles. The third-order valence-electron chi connectivity index (χ3n) is 4.10. The molecule has 0 heterocycles. The van der Waals surface area contributed by atoms with E-state index in [4.69, 9.17) is 5.11 Å². The summed E-state index contributed by atoms with van der Waals surface area (Å²) in [5.41, 5.74) is 0. The Labute approximate surface area is 119 Å². The van der Waals surface area contributed by atoms with Crippen LogP contribution in [-0.2, 0) is 4.79 Å². The van der Waals surface area contributed by atoms with E-state index in [1.165, 1.54) is 0 Å². The minimum Gasteiger partial charge on any atom is -0.481 e. The van der Waals surface area contributed by atoms with Crippen molar-refractivity contribution < 1.29 is 19.8 Å². The van der Waals surface area contributed by atoms with Gasteiger partial charge in [0.1, 0.15) is 0 Å². The molecule has 0 saturated heterocycles. The number of aliphatic carboxylic acids is 1. The summed E-state index contributed by atoms with van der Waals surface area (Å²) >= 11 is 0. The van der Waals surface area contributed by atoms with Crippen molar-refractivity contribution in [3.05, 3.63) is 0 Å². The first-order valence-electron chi connectivity index (χ1n) is 7.55. The molecule has 0 aromatic carbocycles. The smallest absolute Gasteiger partial charge is 0.317 e. The molecule has 2 saturated carbocycles. The standard InChI is InChI=1S/C14H24N2O4/c17-12-5-3-1-2-4-11(12)15-14(20)16(10-6-7-10)9-8-13(18)19/h10-12,17H,1-9H2,(H,15,20)(H,18,19). The monoisotopic (exact) mass is 284 g/mol. The zero-order valence-corrected chi connectivity index (χ0v) is 11.8. The van der Waals surface area contributed by atoms with E-state index in [0.717, 1.165) is 44.9 Å². The quantitative estimate of drug-likeness (QED) is 0.664. The minimum atomic E-state index is -0.891. The number of hydrogen-bond acceptors (Lipinski definition) is 3. The van der Waals surface area contributed by atoms with Crippen LogP contribution in [0.2, 0.25) is 0 Å². The van der Waals surface area contributed by atoms with Crippen LogP contribution in [-0.4, -0.2) is 51.8 Å². The summed E-state index contributed by atoms with van der Waals surface area (Å²) in [6.07, 6.45) is 6.00. The molecule has 0 aliphatic heterocycles. The summed E-state index contributed by atoms with van der Waals surface area (Å²) in [5, 5.41) is 21.7. The third-order valence-corrected chi connectivity index (χ3v) is 4.10. The lowest BCUT2D eigenvalue weighted by Gasteiger charge is -2.27. The molecule has 2 atom stereocenters. The van der Waals surface area contributed by atoms with Gasteiger partial charge in [0.2, 0.25) is 0 Å². The highest BCUT2D eigenvalue weighted by Crippen LogP contribution is 2.27. The molecule has 2 amide bonds. The highest BCUT2D eigenvalue weighted by atomic mass is 16.4. The number of aliphatic hydroxyl groups excluding tert-OH is 1. The number of rotatable bonds is 5. The maximum Gasteiger partial charge on any atom is 0.317 e. The summed E-state index contributed by atoms with van der Waals surface area (Å²) in [6, 6.07) is -0.243. The Morgan fingerprint density at radius 3 is 2.45 bits per heavy atom. The molecular formula is C14H24N2O4. The molecule has 0 radical (unpaired) electrons. The van der Waals surface area contributed by atoms with Crippen LogP contribution in [0.3, 0.4) is 0 Å². The van der Waals surface area contributed by atoms with Crippen LogP contribution in [0.4, 0.5) is 4.79 Å². The second kappa shape index (κ2) is 6.92. The van der Waals surface area contributed by atoms with Gasteiger partial charge >= 0.3 is 12.0 Å². The fourth-order valence-corrected chi connectivity index (χ4v) is 2.75. The van der Waals surface area contributed by atoms with Crippen LogP contribution in [0.5, 0.6) is 0 Å². The van der Waals surface area contributed by atoms with Gasteiger partial charge in [0.05, 0.1) is 18.6 Å². The molecule has 114 valence electrons. The van der Waals surface area contributed by atoms with Crippen molar-refractivity contribution in [2.45, 2.75) is 69.6 Å². The Bertz CT molecular complexity index is 357. The van der Waals surface area contributed by atoms with Crippen molar-refractivity contribution >= 4 is 12.0 Å². The van der Waals surface area contributed by atoms with Gasteiger partial charge < -0.3 is 20.4 Å². The maximum atomic E-state index is 12.3. The van der Waals surface area contributed by atoms with Crippen LogP contribution in [0.25, 0.3) is 0 Å². The zero-order valence-electron chi connectivity index (χ0n) is 11.8. The van der Waals surface area contributed by atoms with Crippen LogP contribution >= 0.6 is 0 Å². The van der Waals surface area contributed by atoms with Gasteiger partial charge in [0, 0.05) is 12.6 Å². The third kappa shape index (κ3) is 4.37. The van der Waals surface area contributed by atoms with Gasteiger partial charge in [0.25, 0.3) is 0 Å². The number of nitrogens with zero attached hydrogens (tertiary/aromatic N) is 1. The van der Waals surface area contributed by atoms with Crippen molar-refractivity contribution in [1.82, 2.24) is 10.2 Å². The number of amides is 2. The van der Waals surface area contributed by atoms with Crippen molar-refractivity contribution in [3.8, 4) is 0 Å². The maximum absolute atomic E-state index is 12.3. The number of hydrogen-bond donors (Lipinski definition) is 3. The molecule has 2 aliphatic carbocycles. The summed E-state index contributed by atoms with van der Waals surface area (Å²) in [4.78, 5) is 24.5. The summed E-state index contributed by atoms with van der Waals surface area (Å²) < 4.78 is 0. The molecular weight excluding hydrogens is 260 g/mol. The van der Waals surface area contributed by atoms with Crippen molar-refractivity contribution in [2.75, 3.05) is 6.54 Å². The number of aliphatic hydroxyl groups is 1. The largest absolute Gasteiger partial charge is 0.481 e. The lowest BCUT2D eigenvalue weighted by atomic mass is 10.1. The Morgan fingerprint density at radius 1 is 1.10 bits per heavy atom. The first-order valence-corrected chi connectivity index (χ1v) is 7.55. The fraction of sp³-hybridized carbons (Fsp3) is 0.857. The van der Waals surface area contributed by atoms with Gasteiger partial charge in [-0.2, -0.15) is 0 Å². The van der Waals surface area contributed by atoms with E-state index in [0.29, 0.717) is 0 Å². The zero-order chi connectivity index (χ0) is 14.5. The topological polar surface area (TPSA) is 89.9 Å². The van der Waals surface area contributed by atoms with E-state index in [1.807, 2.05) is 0 Å². The molecule has 0 spiro atoms. The summed E-state index contributed by atoms with van der Waals surface area (Å²) in [6.45, 7) is 0.245. The Balaban J connectivity index is 1.88. The highest BCUT2D eigenvalue weighted by Gasteiger charge is 2.34. The van der Waals surface area contributed by atoms with E-state index < -0.39 is 12.1 Å². The second-order valence-electron chi connectivity index (χ2n) is 5.83. The second-order valence-corrected chi connectivity index (χ2v) is 5.83. The molecule has 6 nitrogen and oxygen atoms in total. The van der Waals surface area contributed by atoms with Crippen LogP contribution in [0.15, 0.2) is 0 Å². The lowest BCUT2D eigenvalue weighted by Crippen LogP contribution is -2.50. The van der Waals surface area contributed by atoms with Gasteiger partial charge in [-0.05, 0) is 25.7 Å². The van der Waals surface area contributed by atoms with Crippen LogP contribution in [0, 0.1) is 0 Å². The molecule has 2 unspecified atom stereocenters. The Kier molecular flexibility index (Phi) is 5.23.